The van der Waals surface area contributed by atoms with Crippen molar-refractivity contribution in [1.82, 2.24) is 5.32 Å². The van der Waals surface area contributed by atoms with Gasteiger partial charge in [-0.1, -0.05) is 66.5 Å². The molecule has 1 unspecified atom stereocenters. The Balaban J connectivity index is 2.01. The summed E-state index contributed by atoms with van der Waals surface area (Å²) in [5, 5.41) is 3.56. The quantitative estimate of drug-likeness (QED) is 0.883. The maximum Gasteiger partial charge on any atom is 0.252 e. The Hall–Kier alpha value is -1.51. The lowest BCUT2D eigenvalue weighted by atomic mass is 10.0. The molecule has 104 valence electrons. The lowest BCUT2D eigenvalue weighted by molar-refractivity contribution is 0.0952. The molecule has 0 spiro atoms. The highest BCUT2D eigenvalue weighted by atomic mass is 35.5. The zero-order valence-corrected chi connectivity index (χ0v) is 12.6. The van der Waals surface area contributed by atoms with Crippen molar-refractivity contribution >= 4 is 29.1 Å². The molecule has 0 saturated carbocycles. The van der Waals surface area contributed by atoms with Gasteiger partial charge in [0.05, 0.1) is 15.6 Å². The summed E-state index contributed by atoms with van der Waals surface area (Å²) in [6.45, 7) is 2.61. The number of benzene rings is 2. The van der Waals surface area contributed by atoms with E-state index in [9.17, 15) is 4.79 Å². The zero-order valence-electron chi connectivity index (χ0n) is 11.1. The predicted octanol–water partition coefficient (Wildman–Crippen LogP) is 4.53. The van der Waals surface area contributed by atoms with Crippen LogP contribution < -0.4 is 5.32 Å². The van der Waals surface area contributed by atoms with Crippen molar-refractivity contribution in [3.8, 4) is 0 Å². The standard InChI is InChI=1S/C16H15Cl2NO/c1-11(12-6-3-2-4-7-12)10-19-16(20)13-8-5-9-14(17)15(13)18/h2-9,11H,10H2,1H3,(H,19,20). The summed E-state index contributed by atoms with van der Waals surface area (Å²) in [5.74, 6) is 0.0263. The van der Waals surface area contributed by atoms with Gasteiger partial charge in [0.15, 0.2) is 0 Å². The molecule has 2 nitrogen and oxygen atoms in total. The number of hydrogen-bond acceptors (Lipinski definition) is 1. The molecule has 2 rings (SSSR count). The van der Waals surface area contributed by atoms with Gasteiger partial charge in [0.25, 0.3) is 5.91 Å². The Morgan fingerprint density at radius 3 is 2.50 bits per heavy atom. The fraction of sp³-hybridized carbons (Fsp3) is 0.188. The van der Waals surface area contributed by atoms with Gasteiger partial charge >= 0.3 is 0 Å². The van der Waals surface area contributed by atoms with Crippen molar-refractivity contribution in [3.63, 3.8) is 0 Å². The van der Waals surface area contributed by atoms with E-state index in [1.807, 2.05) is 30.3 Å². The topological polar surface area (TPSA) is 29.1 Å². The van der Waals surface area contributed by atoms with Gasteiger partial charge < -0.3 is 5.32 Å². The van der Waals surface area contributed by atoms with Crippen LogP contribution in [0.1, 0.15) is 28.8 Å². The van der Waals surface area contributed by atoms with E-state index in [0.29, 0.717) is 22.2 Å². The second kappa shape index (κ2) is 6.78. The highest BCUT2D eigenvalue weighted by Gasteiger charge is 2.13. The minimum Gasteiger partial charge on any atom is -0.351 e. The SMILES string of the molecule is CC(CNC(=O)c1cccc(Cl)c1Cl)c1ccccc1. The third-order valence-electron chi connectivity index (χ3n) is 3.13. The highest BCUT2D eigenvalue weighted by Crippen LogP contribution is 2.25. The number of carbonyl (C=O) groups is 1. The highest BCUT2D eigenvalue weighted by molar-refractivity contribution is 6.43. The maximum atomic E-state index is 12.1. The number of hydrogen-bond donors (Lipinski definition) is 1. The molecule has 0 aliphatic heterocycles. The number of amides is 1. The normalized spacial score (nSPS) is 11.9. The minimum absolute atomic E-state index is 0.208. The molecule has 0 aromatic heterocycles. The van der Waals surface area contributed by atoms with Crippen LogP contribution in [0.2, 0.25) is 10.0 Å². The fourth-order valence-electron chi connectivity index (χ4n) is 1.92. The van der Waals surface area contributed by atoms with Crippen molar-refractivity contribution in [3.05, 3.63) is 69.7 Å². The van der Waals surface area contributed by atoms with Gasteiger partial charge in [-0.05, 0) is 23.6 Å². The van der Waals surface area contributed by atoms with Gasteiger partial charge in [-0.15, -0.1) is 0 Å². The number of nitrogens with one attached hydrogen (secondary N) is 1. The summed E-state index contributed by atoms with van der Waals surface area (Å²) in [5.41, 5.74) is 1.59. The molecule has 1 N–H and O–H groups in total. The second-order valence-corrected chi connectivity index (χ2v) is 5.41. The summed E-state index contributed by atoms with van der Waals surface area (Å²) in [7, 11) is 0. The number of halogens is 2. The van der Waals surface area contributed by atoms with Crippen LogP contribution in [0, 0.1) is 0 Å². The first-order chi connectivity index (χ1) is 9.59. The summed E-state index contributed by atoms with van der Waals surface area (Å²) in [6, 6.07) is 15.1. The minimum atomic E-state index is -0.208. The largest absolute Gasteiger partial charge is 0.351 e. The third-order valence-corrected chi connectivity index (χ3v) is 3.95. The van der Waals surface area contributed by atoms with E-state index in [2.05, 4.69) is 12.2 Å². The molecule has 4 heteroatoms. The first-order valence-corrected chi connectivity index (χ1v) is 7.12. The van der Waals surface area contributed by atoms with Gasteiger partial charge in [-0.25, -0.2) is 0 Å². The molecule has 0 aliphatic carbocycles. The van der Waals surface area contributed by atoms with E-state index < -0.39 is 0 Å². The lowest BCUT2D eigenvalue weighted by Gasteiger charge is -2.13. The van der Waals surface area contributed by atoms with Crippen molar-refractivity contribution in [2.24, 2.45) is 0 Å². The van der Waals surface area contributed by atoms with Gasteiger partial charge in [0, 0.05) is 6.54 Å². The van der Waals surface area contributed by atoms with E-state index in [1.165, 1.54) is 5.56 Å². The molecule has 2 aromatic carbocycles. The van der Waals surface area contributed by atoms with E-state index in [0.717, 1.165) is 0 Å². The lowest BCUT2D eigenvalue weighted by Crippen LogP contribution is -2.27. The van der Waals surface area contributed by atoms with Crippen LogP contribution in [0.4, 0.5) is 0 Å². The average molecular weight is 308 g/mol. The third kappa shape index (κ3) is 3.53. The molecule has 1 atom stereocenters. The van der Waals surface area contributed by atoms with Crippen LogP contribution in [0.15, 0.2) is 48.5 Å². The predicted molar refractivity (Wildman–Crippen MR) is 83.7 cm³/mol. The Kier molecular flexibility index (Phi) is 5.05. The van der Waals surface area contributed by atoms with Crippen LogP contribution >= 0.6 is 23.2 Å². The maximum absolute atomic E-state index is 12.1. The summed E-state index contributed by atoms with van der Waals surface area (Å²) in [4.78, 5) is 12.1. The molecule has 20 heavy (non-hydrogen) atoms. The first kappa shape index (κ1) is 14.9. The summed E-state index contributed by atoms with van der Waals surface area (Å²) < 4.78 is 0. The van der Waals surface area contributed by atoms with Gasteiger partial charge in [-0.3, -0.25) is 4.79 Å². The average Bonchev–Trinajstić information content (AvgIpc) is 2.48. The molecule has 0 heterocycles. The Morgan fingerprint density at radius 1 is 1.10 bits per heavy atom. The van der Waals surface area contributed by atoms with Crippen LogP contribution in [-0.2, 0) is 0 Å². The summed E-state index contributed by atoms with van der Waals surface area (Å²) >= 11 is 11.9. The first-order valence-electron chi connectivity index (χ1n) is 6.36. The van der Waals surface area contributed by atoms with Crippen LogP contribution in [-0.4, -0.2) is 12.5 Å². The molecule has 0 saturated heterocycles. The molecule has 0 fully saturated rings. The van der Waals surface area contributed by atoms with Crippen LogP contribution in [0.25, 0.3) is 0 Å². The second-order valence-electron chi connectivity index (χ2n) is 4.62. The van der Waals surface area contributed by atoms with Crippen LogP contribution in [0.3, 0.4) is 0 Å². The molecular formula is C16H15Cl2NO. The van der Waals surface area contributed by atoms with Crippen molar-refractivity contribution in [2.75, 3.05) is 6.54 Å². The fourth-order valence-corrected chi connectivity index (χ4v) is 2.31. The Morgan fingerprint density at radius 2 is 1.80 bits per heavy atom. The molecule has 0 radical (unpaired) electrons. The monoisotopic (exact) mass is 307 g/mol. The van der Waals surface area contributed by atoms with Crippen LogP contribution in [0.5, 0.6) is 0 Å². The molecule has 1 amide bonds. The smallest absolute Gasteiger partial charge is 0.252 e. The molecule has 0 bridgehead atoms. The molecule has 2 aromatic rings. The van der Waals surface area contributed by atoms with E-state index in [1.54, 1.807) is 18.2 Å². The molecular weight excluding hydrogens is 293 g/mol. The van der Waals surface area contributed by atoms with Crippen molar-refractivity contribution in [2.45, 2.75) is 12.8 Å². The van der Waals surface area contributed by atoms with E-state index >= 15 is 0 Å². The zero-order chi connectivity index (χ0) is 14.5. The van der Waals surface area contributed by atoms with E-state index in [-0.39, 0.29) is 11.8 Å². The number of carbonyl (C=O) groups excluding carboxylic acids is 1. The van der Waals surface area contributed by atoms with Crippen molar-refractivity contribution < 1.29 is 4.79 Å². The van der Waals surface area contributed by atoms with Gasteiger partial charge in [0.2, 0.25) is 0 Å². The Labute approximate surface area is 128 Å². The molecule has 0 aliphatic rings. The van der Waals surface area contributed by atoms with Crippen molar-refractivity contribution in [1.29, 1.82) is 0 Å². The van der Waals surface area contributed by atoms with Gasteiger partial charge in [0.1, 0.15) is 0 Å². The van der Waals surface area contributed by atoms with Gasteiger partial charge in [-0.2, -0.15) is 0 Å². The summed E-state index contributed by atoms with van der Waals surface area (Å²) in [6.07, 6.45) is 0. The Bertz CT molecular complexity index is 599. The van der Waals surface area contributed by atoms with E-state index in [4.69, 9.17) is 23.2 Å². The number of rotatable bonds is 4.